The summed E-state index contributed by atoms with van der Waals surface area (Å²) in [7, 11) is 1.61. The molecule has 8 nitrogen and oxygen atoms in total. The molecule has 34 heavy (non-hydrogen) atoms. The van der Waals surface area contributed by atoms with Crippen LogP contribution in [0.1, 0.15) is 35.6 Å². The number of aromatic nitrogens is 3. The molecule has 0 spiro atoms. The number of aryl methyl sites for hydroxylation is 1. The van der Waals surface area contributed by atoms with Gasteiger partial charge in [0, 0.05) is 43.0 Å². The van der Waals surface area contributed by atoms with Crippen LogP contribution in [0, 0.1) is 11.8 Å². The van der Waals surface area contributed by atoms with Crippen molar-refractivity contribution < 1.29 is 13.6 Å². The highest BCUT2D eigenvalue weighted by atomic mass is 35.5. The Hall–Kier alpha value is -3.13. The first-order valence-electron chi connectivity index (χ1n) is 12.7. The summed E-state index contributed by atoms with van der Waals surface area (Å²) in [6.45, 7) is 3.06. The molecule has 0 bridgehead atoms. The fourth-order valence-corrected chi connectivity index (χ4v) is 4.74. The zero-order valence-corrected chi connectivity index (χ0v) is 20.2. The number of amides is 1. The van der Waals surface area contributed by atoms with Crippen molar-refractivity contribution in [2.24, 2.45) is 18.9 Å². The first-order chi connectivity index (χ1) is 17.4. The maximum Gasteiger partial charge on any atom is 0.293 e. The van der Waals surface area contributed by atoms with Crippen molar-refractivity contribution in [1.82, 2.24) is 19.9 Å². The zero-order valence-electron chi connectivity index (χ0n) is 22.5. The number of pyridine rings is 1. The molecule has 0 saturated carbocycles. The molecule has 1 aliphatic rings. The van der Waals surface area contributed by atoms with E-state index in [4.69, 9.17) is 25.4 Å². The van der Waals surface area contributed by atoms with Crippen molar-refractivity contribution >= 4 is 34.4 Å². The molecule has 1 aromatic carbocycles. The molecule has 2 aromatic heterocycles. The number of carbonyl (C=O) groups is 1. The van der Waals surface area contributed by atoms with E-state index < -0.39 is 25.0 Å². The second-order valence-electron chi connectivity index (χ2n) is 9.10. The van der Waals surface area contributed by atoms with Crippen LogP contribution in [0.2, 0.25) is 5.02 Å². The summed E-state index contributed by atoms with van der Waals surface area (Å²) in [5, 5.41) is 3.03. The summed E-state index contributed by atoms with van der Waals surface area (Å²) in [6.07, 6.45) is 3.29. The predicted molar refractivity (Wildman–Crippen MR) is 134 cm³/mol. The van der Waals surface area contributed by atoms with Gasteiger partial charge in [-0.2, -0.15) is 0 Å². The zero-order chi connectivity index (χ0) is 26.9. The van der Waals surface area contributed by atoms with Crippen LogP contribution in [0.3, 0.4) is 0 Å². The quantitative estimate of drug-likeness (QED) is 0.575. The summed E-state index contributed by atoms with van der Waals surface area (Å²) < 4.78 is 28.1. The minimum atomic E-state index is -2.63. The Morgan fingerprint density at radius 1 is 1.29 bits per heavy atom. The number of hydrogen-bond acceptors (Lipinski definition) is 6. The molecule has 0 aliphatic carbocycles. The number of hydrogen-bond donors (Lipinski definition) is 1. The summed E-state index contributed by atoms with van der Waals surface area (Å²) in [5.74, 6) is 0.905. The SMILES string of the molecule is [2H]C([2H])([2H])NC(=O)COc1cc2cc(Cc3nc(N4C[C@H](C)C[C@H](C)C4)ncc3Cl)ccc2n(C)c1=O. The van der Waals surface area contributed by atoms with Crippen molar-refractivity contribution in [2.75, 3.05) is 31.6 Å². The smallest absolute Gasteiger partial charge is 0.293 e. The molecule has 3 aromatic rings. The Balaban J connectivity index is 1.58. The van der Waals surface area contributed by atoms with Gasteiger partial charge in [-0.3, -0.25) is 9.59 Å². The van der Waals surface area contributed by atoms with Crippen molar-refractivity contribution in [3.8, 4) is 5.75 Å². The van der Waals surface area contributed by atoms with Gasteiger partial charge in [0.1, 0.15) is 0 Å². The number of ether oxygens (including phenoxy) is 1. The van der Waals surface area contributed by atoms with E-state index in [1.807, 2.05) is 23.5 Å². The van der Waals surface area contributed by atoms with Gasteiger partial charge in [-0.25, -0.2) is 9.97 Å². The molecule has 0 radical (unpaired) electrons. The minimum absolute atomic E-state index is 0.0523. The molecule has 1 amide bonds. The van der Waals surface area contributed by atoms with E-state index in [1.54, 1.807) is 19.3 Å². The average molecular weight is 487 g/mol. The Kier molecular flexibility index (Phi) is 5.97. The maximum absolute atomic E-state index is 12.7. The van der Waals surface area contributed by atoms with Gasteiger partial charge in [-0.05, 0) is 42.0 Å². The van der Waals surface area contributed by atoms with Crippen LogP contribution >= 0.6 is 11.6 Å². The van der Waals surface area contributed by atoms with E-state index in [2.05, 4.69) is 23.7 Å². The molecule has 9 heteroatoms. The summed E-state index contributed by atoms with van der Waals surface area (Å²) >= 11 is 6.46. The maximum atomic E-state index is 12.7. The van der Waals surface area contributed by atoms with E-state index in [-0.39, 0.29) is 5.75 Å². The molecule has 180 valence electrons. The predicted octanol–water partition coefficient (Wildman–Crippen LogP) is 3.18. The highest BCUT2D eigenvalue weighted by Crippen LogP contribution is 2.27. The van der Waals surface area contributed by atoms with Crippen LogP contribution in [-0.4, -0.2) is 47.1 Å². The van der Waals surface area contributed by atoms with Gasteiger partial charge in [0.15, 0.2) is 12.4 Å². The lowest BCUT2D eigenvalue weighted by molar-refractivity contribution is -0.122. The first kappa shape index (κ1) is 20.3. The molecular weight excluding hydrogens is 454 g/mol. The number of piperidine rings is 1. The number of rotatable bonds is 6. The molecule has 1 saturated heterocycles. The molecule has 1 N–H and O–H groups in total. The number of nitrogens with zero attached hydrogens (tertiary/aromatic N) is 4. The van der Waals surface area contributed by atoms with Crippen molar-refractivity contribution in [3.63, 3.8) is 0 Å². The third-order valence-electron chi connectivity index (χ3n) is 6.08. The first-order valence-corrected chi connectivity index (χ1v) is 11.6. The van der Waals surface area contributed by atoms with Gasteiger partial charge in [-0.15, -0.1) is 0 Å². The molecule has 3 heterocycles. The van der Waals surface area contributed by atoms with Crippen LogP contribution < -0.4 is 20.5 Å². The number of carbonyl (C=O) groups excluding carboxylic acids is 1. The number of anilines is 1. The fourth-order valence-electron chi connectivity index (χ4n) is 4.58. The van der Waals surface area contributed by atoms with Crippen LogP contribution in [0.25, 0.3) is 10.9 Å². The minimum Gasteiger partial charge on any atom is -0.478 e. The molecule has 2 atom stereocenters. The van der Waals surface area contributed by atoms with Gasteiger partial charge < -0.3 is 19.5 Å². The summed E-state index contributed by atoms with van der Waals surface area (Å²) in [6, 6.07) is 7.21. The topological polar surface area (TPSA) is 89.3 Å². The van der Waals surface area contributed by atoms with E-state index in [0.717, 1.165) is 24.0 Å². The van der Waals surface area contributed by atoms with Crippen LogP contribution in [0.5, 0.6) is 5.75 Å². The van der Waals surface area contributed by atoms with Crippen LogP contribution in [0.15, 0.2) is 35.3 Å². The van der Waals surface area contributed by atoms with Crippen LogP contribution in [0.4, 0.5) is 5.95 Å². The molecule has 4 rings (SSSR count). The summed E-state index contributed by atoms with van der Waals surface area (Å²) in [5.41, 5.74) is 1.87. The Morgan fingerprint density at radius 2 is 2.06 bits per heavy atom. The van der Waals surface area contributed by atoms with Gasteiger partial charge >= 0.3 is 0 Å². The van der Waals surface area contributed by atoms with Gasteiger partial charge in [0.05, 0.1) is 22.4 Å². The summed E-state index contributed by atoms with van der Waals surface area (Å²) in [4.78, 5) is 36.0. The Morgan fingerprint density at radius 3 is 2.79 bits per heavy atom. The van der Waals surface area contributed by atoms with Crippen molar-refractivity contribution in [1.29, 1.82) is 0 Å². The van der Waals surface area contributed by atoms with Crippen LogP contribution in [-0.2, 0) is 18.3 Å². The lowest BCUT2D eigenvalue weighted by atomic mass is 9.92. The van der Waals surface area contributed by atoms with E-state index in [1.165, 1.54) is 11.0 Å². The highest BCUT2D eigenvalue weighted by molar-refractivity contribution is 6.31. The number of nitrogens with one attached hydrogen (secondary N) is 1. The highest BCUT2D eigenvalue weighted by Gasteiger charge is 2.24. The van der Waals surface area contributed by atoms with Gasteiger partial charge in [-0.1, -0.05) is 31.5 Å². The molecule has 1 aliphatic heterocycles. The van der Waals surface area contributed by atoms with E-state index in [9.17, 15) is 9.59 Å². The molecule has 0 unspecified atom stereocenters. The van der Waals surface area contributed by atoms with Crippen molar-refractivity contribution in [3.05, 3.63) is 57.1 Å². The second kappa shape index (κ2) is 10.0. The molecule has 1 fully saturated rings. The van der Waals surface area contributed by atoms with Gasteiger partial charge in [0.25, 0.3) is 11.5 Å². The lowest BCUT2D eigenvalue weighted by Gasteiger charge is -2.35. The fraction of sp³-hybridized carbons (Fsp3) is 0.440. The normalized spacial score (nSPS) is 19.9. The largest absolute Gasteiger partial charge is 0.478 e. The lowest BCUT2D eigenvalue weighted by Crippen LogP contribution is -2.39. The second-order valence-corrected chi connectivity index (χ2v) is 9.50. The van der Waals surface area contributed by atoms with E-state index in [0.29, 0.717) is 40.4 Å². The number of likely N-dealkylation sites (N-methyl/N-ethyl adjacent to an activating group) is 1. The number of benzene rings is 1. The number of halogens is 1. The molecular formula is C25H30ClN5O3. The van der Waals surface area contributed by atoms with Crippen molar-refractivity contribution in [2.45, 2.75) is 26.7 Å². The Labute approximate surface area is 208 Å². The standard InChI is InChI=1S/C25H30ClN5O3/c1-15-7-16(2)13-31(12-15)25-28-11-19(26)20(29-25)9-17-5-6-21-18(8-17)10-22(24(33)30(21)4)34-14-23(32)27-3/h5-6,8,10-11,15-16H,7,9,12-14H2,1-4H3,(H,27,32)/t15-,16+/i3D3. The van der Waals surface area contributed by atoms with Gasteiger partial charge in [0.2, 0.25) is 5.95 Å². The third kappa shape index (κ3) is 5.17. The Bertz CT molecular complexity index is 1370. The third-order valence-corrected chi connectivity index (χ3v) is 6.40. The monoisotopic (exact) mass is 486 g/mol. The van der Waals surface area contributed by atoms with E-state index >= 15 is 0 Å². The average Bonchev–Trinajstić information content (AvgIpc) is 2.80. The number of fused-ring (bicyclic) bond motifs is 1.